The van der Waals surface area contributed by atoms with Gasteiger partial charge in [-0.3, -0.25) is 4.79 Å². The van der Waals surface area contributed by atoms with Crippen molar-refractivity contribution in [3.63, 3.8) is 0 Å². The van der Waals surface area contributed by atoms with E-state index in [1.54, 1.807) is 0 Å². The van der Waals surface area contributed by atoms with Crippen molar-refractivity contribution in [2.75, 3.05) is 5.75 Å². The highest BCUT2D eigenvalue weighted by molar-refractivity contribution is 7.99. The Morgan fingerprint density at radius 3 is 2.95 bits per heavy atom. The van der Waals surface area contributed by atoms with Crippen LogP contribution in [0.2, 0.25) is 5.02 Å². The molecule has 0 amide bonds. The quantitative estimate of drug-likeness (QED) is 0.879. The van der Waals surface area contributed by atoms with Crippen molar-refractivity contribution in [3.05, 3.63) is 23.2 Å². The van der Waals surface area contributed by atoms with Gasteiger partial charge in [-0.1, -0.05) is 29.4 Å². The molecule has 0 unspecified atom stereocenters. The first-order valence-corrected chi connectivity index (χ1v) is 7.40. The summed E-state index contributed by atoms with van der Waals surface area (Å²) in [6.45, 7) is 2.16. The van der Waals surface area contributed by atoms with Crippen molar-refractivity contribution in [1.29, 1.82) is 0 Å². The van der Waals surface area contributed by atoms with Crippen LogP contribution in [-0.2, 0) is 10.3 Å². The maximum atomic E-state index is 10.7. The summed E-state index contributed by atoms with van der Waals surface area (Å²) in [6.07, 6.45) is 2.15. The number of benzene rings is 1. The summed E-state index contributed by atoms with van der Waals surface area (Å²) in [4.78, 5) is 15.3. The van der Waals surface area contributed by atoms with Crippen LogP contribution in [0.1, 0.15) is 19.8 Å². The number of hydrogen-bond donors (Lipinski definition) is 1. The number of rotatable bonds is 4. The number of carboxylic acid groups (broad SMARTS) is 1. The third kappa shape index (κ3) is 2.21. The summed E-state index contributed by atoms with van der Waals surface area (Å²) in [5.41, 5.74) is 1.77. The zero-order valence-corrected chi connectivity index (χ0v) is 12.0. The molecule has 1 aromatic heterocycles. The van der Waals surface area contributed by atoms with E-state index in [1.807, 2.05) is 18.2 Å². The lowest BCUT2D eigenvalue weighted by Crippen LogP contribution is -2.14. The van der Waals surface area contributed by atoms with E-state index in [4.69, 9.17) is 16.7 Å². The van der Waals surface area contributed by atoms with E-state index in [2.05, 4.69) is 16.5 Å². The summed E-state index contributed by atoms with van der Waals surface area (Å²) < 4.78 is 2.11. The lowest BCUT2D eigenvalue weighted by atomic mass is 10.2. The summed E-state index contributed by atoms with van der Waals surface area (Å²) in [6, 6.07) is 5.62. The Labute approximate surface area is 119 Å². The van der Waals surface area contributed by atoms with Gasteiger partial charge in [0.05, 0.1) is 21.8 Å². The average Bonchev–Trinajstić information content (AvgIpc) is 2.96. The van der Waals surface area contributed by atoms with Gasteiger partial charge in [0.2, 0.25) is 0 Å². The van der Waals surface area contributed by atoms with Crippen LogP contribution in [0.25, 0.3) is 11.0 Å². The fourth-order valence-corrected chi connectivity index (χ4v) is 3.30. The number of para-hydroxylation sites is 1. The van der Waals surface area contributed by atoms with Crippen LogP contribution in [0.15, 0.2) is 23.4 Å². The SMILES string of the molecule is CC1(n2c(SCC(=O)O)nc3cccc(Cl)c32)CC1. The van der Waals surface area contributed by atoms with Crippen LogP contribution in [0, 0.1) is 0 Å². The molecule has 1 aliphatic rings. The van der Waals surface area contributed by atoms with Crippen molar-refractivity contribution in [2.24, 2.45) is 0 Å². The molecule has 0 radical (unpaired) electrons. The van der Waals surface area contributed by atoms with Crippen LogP contribution < -0.4 is 0 Å². The molecule has 0 aliphatic heterocycles. The second-order valence-corrected chi connectivity index (χ2v) is 6.37. The molecule has 2 aromatic rings. The molecule has 0 spiro atoms. The van der Waals surface area contributed by atoms with Crippen molar-refractivity contribution >= 4 is 40.4 Å². The number of hydrogen-bond acceptors (Lipinski definition) is 3. The second-order valence-electron chi connectivity index (χ2n) is 5.02. The summed E-state index contributed by atoms with van der Waals surface area (Å²) >= 11 is 7.54. The molecule has 1 heterocycles. The number of aromatic nitrogens is 2. The molecule has 0 atom stereocenters. The zero-order chi connectivity index (χ0) is 13.6. The molecule has 4 nitrogen and oxygen atoms in total. The lowest BCUT2D eigenvalue weighted by molar-refractivity contribution is -0.133. The van der Waals surface area contributed by atoms with E-state index in [0.29, 0.717) is 5.02 Å². The van der Waals surface area contributed by atoms with Gasteiger partial charge in [0.15, 0.2) is 5.16 Å². The van der Waals surface area contributed by atoms with E-state index in [0.717, 1.165) is 29.0 Å². The standard InChI is InChI=1S/C13H13ClN2O2S/c1-13(5-6-13)16-11-8(14)3-2-4-9(11)15-12(16)19-7-10(17)18/h2-4H,5-7H2,1H3,(H,17,18). The first-order valence-electron chi connectivity index (χ1n) is 6.03. The number of fused-ring (bicyclic) bond motifs is 1. The van der Waals surface area contributed by atoms with Gasteiger partial charge in [-0.05, 0) is 31.9 Å². The largest absolute Gasteiger partial charge is 0.481 e. The number of aliphatic carboxylic acids is 1. The smallest absolute Gasteiger partial charge is 0.313 e. The first kappa shape index (κ1) is 12.8. The minimum Gasteiger partial charge on any atom is -0.481 e. The molecular weight excluding hydrogens is 284 g/mol. The minimum atomic E-state index is -0.837. The average molecular weight is 297 g/mol. The Morgan fingerprint density at radius 1 is 1.58 bits per heavy atom. The maximum Gasteiger partial charge on any atom is 0.313 e. The highest BCUT2D eigenvalue weighted by Gasteiger charge is 2.42. The monoisotopic (exact) mass is 296 g/mol. The summed E-state index contributed by atoms with van der Waals surface area (Å²) in [5.74, 6) is -0.826. The fourth-order valence-electron chi connectivity index (χ4n) is 2.19. The number of imidazole rings is 1. The highest BCUT2D eigenvalue weighted by atomic mass is 35.5. The Balaban J connectivity index is 2.15. The van der Waals surface area contributed by atoms with Crippen molar-refractivity contribution in [3.8, 4) is 0 Å². The molecule has 100 valence electrons. The van der Waals surface area contributed by atoms with Crippen LogP contribution in [0.4, 0.5) is 0 Å². The molecule has 1 fully saturated rings. The molecule has 0 bridgehead atoms. The molecular formula is C13H13ClN2O2S. The van der Waals surface area contributed by atoms with Crippen molar-refractivity contribution < 1.29 is 9.90 Å². The summed E-state index contributed by atoms with van der Waals surface area (Å²) in [7, 11) is 0. The number of thioether (sulfide) groups is 1. The van der Waals surface area contributed by atoms with Crippen LogP contribution >= 0.6 is 23.4 Å². The number of nitrogens with zero attached hydrogens (tertiary/aromatic N) is 2. The Morgan fingerprint density at radius 2 is 2.32 bits per heavy atom. The van der Waals surface area contributed by atoms with E-state index >= 15 is 0 Å². The molecule has 1 N–H and O–H groups in total. The van der Waals surface area contributed by atoms with E-state index in [-0.39, 0.29) is 11.3 Å². The predicted octanol–water partition coefficient (Wildman–Crippen LogP) is 3.38. The topological polar surface area (TPSA) is 55.1 Å². The Hall–Kier alpha value is -1.20. The molecule has 1 saturated carbocycles. The van der Waals surface area contributed by atoms with Gasteiger partial charge in [-0.25, -0.2) is 4.98 Å². The molecule has 19 heavy (non-hydrogen) atoms. The van der Waals surface area contributed by atoms with Crippen molar-refractivity contribution in [1.82, 2.24) is 9.55 Å². The highest BCUT2D eigenvalue weighted by Crippen LogP contribution is 2.48. The second kappa shape index (κ2) is 4.42. The van der Waals surface area contributed by atoms with Crippen LogP contribution in [0.5, 0.6) is 0 Å². The Kier molecular flexibility index (Phi) is 2.98. The Bertz CT molecular complexity index is 664. The van der Waals surface area contributed by atoms with Gasteiger partial charge in [-0.2, -0.15) is 0 Å². The van der Waals surface area contributed by atoms with Gasteiger partial charge >= 0.3 is 5.97 Å². The normalized spacial score (nSPS) is 16.7. The summed E-state index contributed by atoms with van der Waals surface area (Å²) in [5, 5.41) is 10.2. The minimum absolute atomic E-state index is 0.0109. The molecule has 1 aromatic carbocycles. The van der Waals surface area contributed by atoms with Crippen molar-refractivity contribution in [2.45, 2.75) is 30.5 Å². The third-order valence-electron chi connectivity index (χ3n) is 3.43. The third-order valence-corrected chi connectivity index (χ3v) is 4.66. The van der Waals surface area contributed by atoms with E-state index in [9.17, 15) is 4.79 Å². The first-order chi connectivity index (χ1) is 9.01. The van der Waals surface area contributed by atoms with Gasteiger partial charge in [0, 0.05) is 5.54 Å². The van der Waals surface area contributed by atoms with Crippen LogP contribution in [-0.4, -0.2) is 26.4 Å². The van der Waals surface area contributed by atoms with Gasteiger partial charge in [-0.15, -0.1) is 0 Å². The van der Waals surface area contributed by atoms with E-state index < -0.39 is 5.97 Å². The van der Waals surface area contributed by atoms with E-state index in [1.165, 1.54) is 11.8 Å². The number of carbonyl (C=O) groups is 1. The molecule has 0 saturated heterocycles. The predicted molar refractivity (Wildman–Crippen MR) is 76.0 cm³/mol. The molecule has 3 rings (SSSR count). The lowest BCUT2D eigenvalue weighted by Gasteiger charge is -2.15. The molecule has 6 heteroatoms. The number of halogens is 1. The maximum absolute atomic E-state index is 10.7. The van der Waals surface area contributed by atoms with Crippen LogP contribution in [0.3, 0.4) is 0 Å². The number of carboxylic acids is 1. The fraction of sp³-hybridized carbons (Fsp3) is 0.385. The van der Waals surface area contributed by atoms with Gasteiger partial charge < -0.3 is 9.67 Å². The van der Waals surface area contributed by atoms with Gasteiger partial charge in [0.1, 0.15) is 0 Å². The molecule has 1 aliphatic carbocycles. The zero-order valence-electron chi connectivity index (χ0n) is 10.4. The van der Waals surface area contributed by atoms with Gasteiger partial charge in [0.25, 0.3) is 0 Å².